The molecule has 0 heterocycles. The summed E-state index contributed by atoms with van der Waals surface area (Å²) in [6.45, 7) is 6.30. The van der Waals surface area contributed by atoms with Crippen molar-refractivity contribution in [3.05, 3.63) is 60.8 Å². The van der Waals surface area contributed by atoms with Crippen molar-refractivity contribution in [1.82, 2.24) is 5.32 Å². The summed E-state index contributed by atoms with van der Waals surface area (Å²) >= 11 is 0. The Bertz CT molecular complexity index is 1030. The number of hydrogen-bond donors (Lipinski definition) is 3. The third-order valence-electron chi connectivity index (χ3n) is 10.7. The topological polar surface area (TPSA) is 95.9 Å². The molecule has 57 heavy (non-hydrogen) atoms. The highest BCUT2D eigenvalue weighted by atomic mass is 16.5. The molecule has 0 aliphatic carbocycles. The number of aliphatic hydroxyl groups is 2. The summed E-state index contributed by atoms with van der Waals surface area (Å²) < 4.78 is 5.89. The van der Waals surface area contributed by atoms with Crippen LogP contribution in [0.15, 0.2) is 60.8 Å². The summed E-state index contributed by atoms with van der Waals surface area (Å²) in [7, 11) is 0. The van der Waals surface area contributed by atoms with Crippen molar-refractivity contribution >= 4 is 11.9 Å². The molecule has 0 aliphatic rings. The molecule has 0 aliphatic heterocycles. The number of hydrogen-bond acceptors (Lipinski definition) is 5. The largest absolute Gasteiger partial charge is 0.462 e. The van der Waals surface area contributed by atoms with E-state index in [0.29, 0.717) is 19.3 Å². The van der Waals surface area contributed by atoms with Gasteiger partial charge in [0.15, 0.2) is 0 Å². The summed E-state index contributed by atoms with van der Waals surface area (Å²) in [5.41, 5.74) is 0. The van der Waals surface area contributed by atoms with Gasteiger partial charge in [-0.3, -0.25) is 9.59 Å². The van der Waals surface area contributed by atoms with Gasteiger partial charge < -0.3 is 20.3 Å². The Kier molecular flexibility index (Phi) is 42.7. The Morgan fingerprint density at radius 1 is 0.526 bits per heavy atom. The second kappa shape index (κ2) is 44.7. The summed E-state index contributed by atoms with van der Waals surface area (Å²) in [5.74, 6) is -0.525. The molecule has 0 radical (unpaired) electrons. The first-order chi connectivity index (χ1) is 28.0. The lowest BCUT2D eigenvalue weighted by Gasteiger charge is -2.24. The molecule has 3 N–H and O–H groups in total. The van der Waals surface area contributed by atoms with Crippen LogP contribution in [0.1, 0.15) is 226 Å². The van der Waals surface area contributed by atoms with E-state index in [4.69, 9.17) is 4.74 Å². The number of aliphatic hydroxyl groups excluding tert-OH is 2. The standard InChI is InChI=1S/C51H91NO5/c1-4-7-10-13-16-19-22-25-27-30-33-36-39-42-47(57-51(56)44-41-38-35-32-29-24-21-18-15-12-9-6-3)45-50(55)52-48(46-53)49(54)43-40-37-34-31-28-26-23-20-17-14-11-8-5-2/h7,10,13,16,18-19,21-22,25,27,47-49,53-54H,4-6,8-9,11-12,14-15,17,20,23-24,26,28-46H2,1-3H3,(H,52,55)/b10-7+,16-13+,21-18-,22-19+,27-25-. The monoisotopic (exact) mass is 798 g/mol. The Morgan fingerprint density at radius 2 is 0.965 bits per heavy atom. The Hall–Kier alpha value is -2.44. The van der Waals surface area contributed by atoms with Gasteiger partial charge in [-0.15, -0.1) is 0 Å². The van der Waals surface area contributed by atoms with E-state index in [0.717, 1.165) is 77.0 Å². The van der Waals surface area contributed by atoms with E-state index in [2.05, 4.69) is 62.5 Å². The number of amides is 1. The zero-order valence-electron chi connectivity index (χ0n) is 37.5. The number of carbonyl (C=O) groups is 2. The minimum absolute atomic E-state index is 0.0469. The first kappa shape index (κ1) is 54.6. The molecule has 3 atom stereocenters. The molecule has 3 unspecified atom stereocenters. The van der Waals surface area contributed by atoms with Crippen molar-refractivity contribution in [1.29, 1.82) is 0 Å². The molecule has 0 aromatic rings. The van der Waals surface area contributed by atoms with Crippen LogP contribution in [0.2, 0.25) is 0 Å². The molecule has 0 aromatic carbocycles. The van der Waals surface area contributed by atoms with Gasteiger partial charge in [0, 0.05) is 6.42 Å². The number of rotatable bonds is 42. The molecular weight excluding hydrogens is 707 g/mol. The Labute approximate surface area is 352 Å². The fourth-order valence-corrected chi connectivity index (χ4v) is 7.02. The molecule has 0 saturated heterocycles. The molecule has 1 amide bonds. The van der Waals surface area contributed by atoms with Crippen LogP contribution in [-0.4, -0.2) is 46.9 Å². The summed E-state index contributed by atoms with van der Waals surface area (Å²) in [6, 6.07) is -0.716. The van der Waals surface area contributed by atoms with E-state index in [1.807, 2.05) is 24.3 Å². The van der Waals surface area contributed by atoms with E-state index in [1.165, 1.54) is 103 Å². The average Bonchev–Trinajstić information content (AvgIpc) is 3.20. The van der Waals surface area contributed by atoms with Crippen LogP contribution in [-0.2, 0) is 14.3 Å². The highest BCUT2D eigenvalue weighted by molar-refractivity contribution is 5.77. The van der Waals surface area contributed by atoms with Crippen molar-refractivity contribution in [2.24, 2.45) is 0 Å². The molecule has 0 rings (SSSR count). The smallest absolute Gasteiger partial charge is 0.306 e. The lowest BCUT2D eigenvalue weighted by atomic mass is 10.0. The second-order valence-corrected chi connectivity index (χ2v) is 16.2. The minimum Gasteiger partial charge on any atom is -0.462 e. The summed E-state index contributed by atoms with van der Waals surface area (Å²) in [5, 5.41) is 23.7. The van der Waals surface area contributed by atoms with Crippen LogP contribution >= 0.6 is 0 Å². The van der Waals surface area contributed by atoms with Crippen LogP contribution in [0, 0.1) is 0 Å². The summed E-state index contributed by atoms with van der Waals surface area (Å²) in [6.07, 6.45) is 54.2. The normalized spacial score (nSPS) is 13.8. The van der Waals surface area contributed by atoms with E-state index in [-0.39, 0.29) is 24.9 Å². The predicted molar refractivity (Wildman–Crippen MR) is 245 cm³/mol. The number of esters is 1. The maximum absolute atomic E-state index is 13.2. The van der Waals surface area contributed by atoms with E-state index >= 15 is 0 Å². The van der Waals surface area contributed by atoms with E-state index < -0.39 is 18.2 Å². The molecule has 0 aromatic heterocycles. The molecule has 0 fully saturated rings. The SMILES string of the molecule is CC/C=C/C=C/C=C/C=C\CCCCCC(CC(=O)NC(CO)C(O)CCCCCCCCCCCCCCC)OC(=O)CCCCCCC/C=C\CCCCC. The van der Waals surface area contributed by atoms with Gasteiger partial charge in [-0.1, -0.05) is 204 Å². The first-order valence-corrected chi connectivity index (χ1v) is 24.1. The highest BCUT2D eigenvalue weighted by Gasteiger charge is 2.24. The molecule has 0 spiro atoms. The Morgan fingerprint density at radius 3 is 1.54 bits per heavy atom. The van der Waals surface area contributed by atoms with Crippen molar-refractivity contribution in [2.45, 2.75) is 244 Å². The van der Waals surface area contributed by atoms with Gasteiger partial charge in [-0.2, -0.15) is 0 Å². The van der Waals surface area contributed by atoms with Crippen LogP contribution in [0.4, 0.5) is 0 Å². The van der Waals surface area contributed by atoms with Gasteiger partial charge in [0.25, 0.3) is 0 Å². The van der Waals surface area contributed by atoms with Gasteiger partial charge in [0.1, 0.15) is 6.10 Å². The van der Waals surface area contributed by atoms with Crippen molar-refractivity contribution in [3.63, 3.8) is 0 Å². The van der Waals surface area contributed by atoms with Gasteiger partial charge in [0.2, 0.25) is 5.91 Å². The van der Waals surface area contributed by atoms with E-state index in [9.17, 15) is 19.8 Å². The summed E-state index contributed by atoms with van der Waals surface area (Å²) in [4.78, 5) is 26.0. The molecular formula is C51H91NO5. The quantitative estimate of drug-likeness (QED) is 0.0247. The van der Waals surface area contributed by atoms with E-state index in [1.54, 1.807) is 0 Å². The minimum atomic E-state index is -0.800. The van der Waals surface area contributed by atoms with Crippen LogP contribution < -0.4 is 5.32 Å². The molecule has 0 saturated carbocycles. The molecule has 6 heteroatoms. The van der Waals surface area contributed by atoms with Gasteiger partial charge in [-0.25, -0.2) is 0 Å². The third-order valence-corrected chi connectivity index (χ3v) is 10.7. The highest BCUT2D eigenvalue weighted by Crippen LogP contribution is 2.17. The van der Waals surface area contributed by atoms with Crippen molar-refractivity contribution < 1.29 is 24.5 Å². The fourth-order valence-electron chi connectivity index (χ4n) is 7.02. The second-order valence-electron chi connectivity index (χ2n) is 16.2. The lowest BCUT2D eigenvalue weighted by molar-refractivity contribution is -0.151. The number of ether oxygens (including phenoxy) is 1. The first-order valence-electron chi connectivity index (χ1n) is 24.1. The van der Waals surface area contributed by atoms with Crippen LogP contribution in [0.3, 0.4) is 0 Å². The van der Waals surface area contributed by atoms with Gasteiger partial charge >= 0.3 is 5.97 Å². The van der Waals surface area contributed by atoms with Crippen LogP contribution in [0.25, 0.3) is 0 Å². The van der Waals surface area contributed by atoms with Gasteiger partial charge in [0.05, 0.1) is 25.2 Å². The Balaban J connectivity index is 4.66. The van der Waals surface area contributed by atoms with Crippen molar-refractivity contribution in [3.8, 4) is 0 Å². The predicted octanol–water partition coefficient (Wildman–Crippen LogP) is 14.1. The third kappa shape index (κ3) is 40.1. The number of unbranched alkanes of at least 4 members (excludes halogenated alkanes) is 23. The number of nitrogens with one attached hydrogen (secondary N) is 1. The molecule has 330 valence electrons. The molecule has 6 nitrogen and oxygen atoms in total. The van der Waals surface area contributed by atoms with Crippen LogP contribution in [0.5, 0.6) is 0 Å². The number of carbonyl (C=O) groups excluding carboxylic acids is 2. The average molecular weight is 798 g/mol. The lowest BCUT2D eigenvalue weighted by Crippen LogP contribution is -2.46. The maximum Gasteiger partial charge on any atom is 0.306 e. The molecule has 0 bridgehead atoms. The van der Waals surface area contributed by atoms with Crippen molar-refractivity contribution in [2.75, 3.05) is 6.61 Å². The number of allylic oxidation sites excluding steroid dienone is 10. The fraction of sp³-hybridized carbons (Fsp3) is 0.765. The maximum atomic E-state index is 13.2. The zero-order valence-corrected chi connectivity index (χ0v) is 37.5. The zero-order chi connectivity index (χ0) is 41.7. The van der Waals surface area contributed by atoms with Gasteiger partial charge in [-0.05, 0) is 70.6 Å².